The molecule has 46 heavy (non-hydrogen) atoms. The maximum Gasteiger partial charge on any atom is 0.328 e. The minimum atomic E-state index is -3.96. The van der Waals surface area contributed by atoms with E-state index in [1.54, 1.807) is 31.2 Å². The summed E-state index contributed by atoms with van der Waals surface area (Å²) < 4.78 is 60.2. The monoisotopic (exact) mass is 660 g/mol. The van der Waals surface area contributed by atoms with Gasteiger partial charge in [0.2, 0.25) is 0 Å². The van der Waals surface area contributed by atoms with E-state index >= 15 is 0 Å². The average Bonchev–Trinajstić information content (AvgIpc) is 3.39. The molecule has 1 unspecified atom stereocenters. The Morgan fingerprint density at radius 3 is 2.07 bits per heavy atom. The molecule has 0 aliphatic heterocycles. The third kappa shape index (κ3) is 7.47. The maximum atomic E-state index is 12.8. The van der Waals surface area contributed by atoms with Crippen molar-refractivity contribution in [1.29, 1.82) is 0 Å². The normalized spacial score (nSPS) is 12.6. The average molecular weight is 661 g/mol. The number of imidazole rings is 1. The van der Waals surface area contributed by atoms with Crippen molar-refractivity contribution < 1.29 is 25.8 Å². The third-order valence-electron chi connectivity index (χ3n) is 7.57. The smallest absolute Gasteiger partial charge is 0.328 e. The second kappa shape index (κ2) is 13.5. The van der Waals surface area contributed by atoms with Gasteiger partial charge in [-0.15, -0.1) is 0 Å². The zero-order valence-electron chi connectivity index (χ0n) is 26.0. The summed E-state index contributed by atoms with van der Waals surface area (Å²) in [6.07, 6.45) is 0.448. The highest BCUT2D eigenvalue weighted by molar-refractivity contribution is 7.90. The molecular weight excluding hydrogens is 625 g/mol. The molecule has 2 N–H and O–H groups in total. The molecule has 1 atom stereocenters. The number of rotatable bonds is 11. The Bertz CT molecular complexity index is 2070. The molecule has 0 aliphatic carbocycles. The Balaban J connectivity index is 1.24. The number of benzene rings is 4. The van der Waals surface area contributed by atoms with Crippen LogP contribution in [0.3, 0.4) is 0 Å². The van der Waals surface area contributed by atoms with E-state index in [9.17, 15) is 21.6 Å². The standard InChI is InChI=1S/C34H36N4O6S2/c1-5-33-36-31-22-27(25(4)44-46(42,43)30-17-8-24(3)9-18-30)12-19-32(31)38(33)28-13-10-26(11-14-28)20-21-35-34(39)37-45(40,41)29-15-6-23(2)7-16-29/h6-19,22,25H,5,20-21H2,1-4H3,(H2,35,37,39). The second-order valence-electron chi connectivity index (χ2n) is 11.1. The molecule has 2 amide bonds. The first-order valence-electron chi connectivity index (χ1n) is 14.8. The van der Waals surface area contributed by atoms with Crippen LogP contribution in [0.2, 0.25) is 0 Å². The molecular formula is C34H36N4O6S2. The zero-order chi connectivity index (χ0) is 33.1. The van der Waals surface area contributed by atoms with Gasteiger partial charge in [0.1, 0.15) is 5.82 Å². The first kappa shape index (κ1) is 32.9. The topological polar surface area (TPSA) is 136 Å². The summed E-state index contributed by atoms with van der Waals surface area (Å²) in [5.41, 5.74) is 6.01. The Hall–Kier alpha value is -4.52. The van der Waals surface area contributed by atoms with Crippen LogP contribution in [0.4, 0.5) is 4.79 Å². The molecule has 0 spiro atoms. The van der Waals surface area contributed by atoms with E-state index in [1.807, 2.05) is 68.0 Å². The number of amides is 2. The number of nitrogens with zero attached hydrogens (tertiary/aromatic N) is 2. The van der Waals surface area contributed by atoms with Crippen LogP contribution in [-0.4, -0.2) is 39.0 Å². The predicted octanol–water partition coefficient (Wildman–Crippen LogP) is 5.90. The Labute approximate surface area is 269 Å². The fourth-order valence-corrected chi connectivity index (χ4v) is 7.00. The van der Waals surface area contributed by atoms with Gasteiger partial charge in [-0.2, -0.15) is 8.42 Å². The molecule has 4 aromatic carbocycles. The van der Waals surface area contributed by atoms with Crippen LogP contribution in [-0.2, 0) is 37.2 Å². The maximum absolute atomic E-state index is 12.8. The number of sulfonamides is 1. The quantitative estimate of drug-likeness (QED) is 0.168. The molecule has 0 saturated heterocycles. The van der Waals surface area contributed by atoms with Gasteiger partial charge in [0.05, 0.1) is 26.9 Å². The van der Waals surface area contributed by atoms with Crippen molar-refractivity contribution in [2.75, 3.05) is 6.54 Å². The van der Waals surface area contributed by atoms with Gasteiger partial charge >= 0.3 is 6.03 Å². The summed E-state index contributed by atoms with van der Waals surface area (Å²) in [7, 11) is -7.90. The Morgan fingerprint density at radius 2 is 1.46 bits per heavy atom. The van der Waals surface area contributed by atoms with Crippen molar-refractivity contribution in [3.05, 3.63) is 119 Å². The van der Waals surface area contributed by atoms with Crippen LogP contribution >= 0.6 is 0 Å². The molecule has 5 rings (SSSR count). The fraction of sp³-hybridized carbons (Fsp3) is 0.235. The van der Waals surface area contributed by atoms with Crippen molar-refractivity contribution in [1.82, 2.24) is 19.6 Å². The second-order valence-corrected chi connectivity index (χ2v) is 14.3. The van der Waals surface area contributed by atoms with Crippen LogP contribution in [0.1, 0.15) is 48.0 Å². The van der Waals surface area contributed by atoms with E-state index in [2.05, 4.69) is 9.88 Å². The number of hydrogen-bond donors (Lipinski definition) is 2. The third-order valence-corrected chi connectivity index (χ3v) is 10.3. The minimum Gasteiger partial charge on any atom is -0.337 e. The highest BCUT2D eigenvalue weighted by Gasteiger charge is 2.22. The minimum absolute atomic E-state index is 0.0208. The lowest BCUT2D eigenvalue weighted by atomic mass is 10.1. The van der Waals surface area contributed by atoms with Crippen molar-refractivity contribution in [2.24, 2.45) is 0 Å². The van der Waals surface area contributed by atoms with Crippen molar-refractivity contribution in [2.45, 2.75) is 56.4 Å². The van der Waals surface area contributed by atoms with E-state index in [1.165, 1.54) is 24.3 Å². The number of urea groups is 1. The number of carbonyl (C=O) groups excluding carboxylic acids is 1. The number of hydrogen-bond acceptors (Lipinski definition) is 7. The highest BCUT2D eigenvalue weighted by Crippen LogP contribution is 2.29. The lowest BCUT2D eigenvalue weighted by Crippen LogP contribution is -2.40. The lowest BCUT2D eigenvalue weighted by Gasteiger charge is -2.14. The number of fused-ring (bicyclic) bond motifs is 1. The molecule has 12 heteroatoms. The van der Waals surface area contributed by atoms with Gasteiger partial charge in [0.25, 0.3) is 20.1 Å². The highest BCUT2D eigenvalue weighted by atomic mass is 32.2. The van der Waals surface area contributed by atoms with E-state index in [0.717, 1.165) is 39.2 Å². The molecule has 0 bridgehead atoms. The fourth-order valence-electron chi connectivity index (χ4n) is 5.00. The molecule has 0 radical (unpaired) electrons. The summed E-state index contributed by atoms with van der Waals surface area (Å²) in [5, 5.41) is 2.60. The van der Waals surface area contributed by atoms with Gasteiger partial charge in [-0.1, -0.05) is 60.5 Å². The molecule has 0 fully saturated rings. The Morgan fingerprint density at radius 1 is 0.848 bits per heavy atom. The van der Waals surface area contributed by atoms with Crippen LogP contribution in [0.5, 0.6) is 0 Å². The first-order valence-corrected chi connectivity index (χ1v) is 17.7. The summed E-state index contributed by atoms with van der Waals surface area (Å²) in [5.74, 6) is 0.842. The molecule has 1 heterocycles. The van der Waals surface area contributed by atoms with E-state index in [0.29, 0.717) is 18.4 Å². The SMILES string of the molecule is CCc1nc2cc(C(C)OS(=O)(=O)c3ccc(C)cc3)ccc2n1-c1ccc(CCNC(=O)NS(=O)(=O)c2ccc(C)cc2)cc1. The van der Waals surface area contributed by atoms with Crippen molar-refractivity contribution in [3.8, 4) is 5.69 Å². The number of nitrogens with one attached hydrogen (secondary N) is 2. The van der Waals surface area contributed by atoms with Gasteiger partial charge in [-0.3, -0.25) is 8.75 Å². The van der Waals surface area contributed by atoms with E-state index in [4.69, 9.17) is 9.17 Å². The van der Waals surface area contributed by atoms with Crippen molar-refractivity contribution >= 4 is 37.2 Å². The summed E-state index contributed by atoms with van der Waals surface area (Å²) >= 11 is 0. The predicted molar refractivity (Wildman–Crippen MR) is 177 cm³/mol. The molecule has 0 saturated carbocycles. The largest absolute Gasteiger partial charge is 0.337 e. The molecule has 10 nitrogen and oxygen atoms in total. The molecule has 0 aliphatic rings. The van der Waals surface area contributed by atoms with Crippen LogP contribution < -0.4 is 10.0 Å². The first-order chi connectivity index (χ1) is 21.9. The number of carbonyl (C=O) groups is 1. The number of aromatic nitrogens is 2. The molecule has 5 aromatic rings. The van der Waals surface area contributed by atoms with Crippen LogP contribution in [0.15, 0.2) is 101 Å². The summed E-state index contributed by atoms with van der Waals surface area (Å²) in [4.78, 5) is 17.2. The van der Waals surface area contributed by atoms with E-state index < -0.39 is 32.3 Å². The summed E-state index contributed by atoms with van der Waals surface area (Å²) in [6, 6.07) is 25.4. The Kier molecular flexibility index (Phi) is 9.61. The van der Waals surface area contributed by atoms with Crippen LogP contribution in [0, 0.1) is 13.8 Å². The van der Waals surface area contributed by atoms with Gasteiger partial charge in [-0.05, 0) is 86.8 Å². The zero-order valence-corrected chi connectivity index (χ0v) is 27.7. The van der Waals surface area contributed by atoms with Crippen LogP contribution in [0.25, 0.3) is 16.7 Å². The molecule has 1 aromatic heterocycles. The molecule has 240 valence electrons. The van der Waals surface area contributed by atoms with Crippen molar-refractivity contribution in [3.63, 3.8) is 0 Å². The van der Waals surface area contributed by atoms with Gasteiger partial charge in [0, 0.05) is 18.7 Å². The van der Waals surface area contributed by atoms with Gasteiger partial charge in [0.15, 0.2) is 0 Å². The van der Waals surface area contributed by atoms with E-state index in [-0.39, 0.29) is 16.3 Å². The van der Waals surface area contributed by atoms with Gasteiger partial charge in [-0.25, -0.2) is 22.9 Å². The van der Waals surface area contributed by atoms with Gasteiger partial charge < -0.3 is 5.32 Å². The lowest BCUT2D eigenvalue weighted by molar-refractivity contribution is 0.234. The number of aryl methyl sites for hydroxylation is 3. The summed E-state index contributed by atoms with van der Waals surface area (Å²) in [6.45, 7) is 7.70.